The van der Waals surface area contributed by atoms with Crippen LogP contribution >= 0.6 is 0 Å². The summed E-state index contributed by atoms with van der Waals surface area (Å²) < 4.78 is 10.9. The number of hydrogen-bond donors (Lipinski definition) is 0. The number of rotatable bonds is 9. The summed E-state index contributed by atoms with van der Waals surface area (Å²) in [6, 6.07) is 0. The Hall–Kier alpha value is -1.35. The number of esters is 1. The summed E-state index contributed by atoms with van der Waals surface area (Å²) >= 11 is 0. The largest absolute Gasteiger partial charge is 0.463 e. The van der Waals surface area contributed by atoms with Gasteiger partial charge in [-0.15, -0.1) is 0 Å². The maximum atomic E-state index is 11.6. The minimum atomic E-state index is -0.275. The van der Waals surface area contributed by atoms with Crippen LogP contribution in [0.4, 0.5) is 0 Å². The third-order valence-electron chi connectivity index (χ3n) is 4.17. The minimum absolute atomic E-state index is 0.195. The van der Waals surface area contributed by atoms with E-state index in [1.807, 2.05) is 12.2 Å². The van der Waals surface area contributed by atoms with Crippen LogP contribution in [0.5, 0.6) is 0 Å². The molecule has 1 rings (SSSR count). The average molecular weight is 320 g/mol. The van der Waals surface area contributed by atoms with Crippen LogP contribution in [0.2, 0.25) is 0 Å². The molecule has 0 aromatic rings. The molecule has 23 heavy (non-hydrogen) atoms. The third-order valence-corrected chi connectivity index (χ3v) is 4.17. The first kappa shape index (κ1) is 19.7. The Morgan fingerprint density at radius 3 is 2.48 bits per heavy atom. The lowest BCUT2D eigenvalue weighted by Gasteiger charge is -2.31. The van der Waals surface area contributed by atoms with Gasteiger partial charge in [-0.2, -0.15) is 0 Å². The maximum Gasteiger partial charge on any atom is 0.330 e. The summed E-state index contributed by atoms with van der Waals surface area (Å²) in [5.41, 5.74) is 0.836. The van der Waals surface area contributed by atoms with Gasteiger partial charge in [-0.05, 0) is 49.2 Å². The zero-order chi connectivity index (χ0) is 17.3. The summed E-state index contributed by atoms with van der Waals surface area (Å²) in [5, 5.41) is 0. The molecule has 0 fully saturated rings. The molecule has 0 aliphatic heterocycles. The second-order valence-corrected chi connectivity index (χ2v) is 7.13. The Balaban J connectivity index is 2.47. The van der Waals surface area contributed by atoms with Gasteiger partial charge in [-0.25, -0.2) is 4.79 Å². The van der Waals surface area contributed by atoms with Gasteiger partial charge >= 0.3 is 5.97 Å². The molecule has 0 saturated heterocycles. The third kappa shape index (κ3) is 7.65. The molecule has 1 atom stereocenters. The van der Waals surface area contributed by atoms with E-state index in [1.165, 1.54) is 6.08 Å². The van der Waals surface area contributed by atoms with Crippen molar-refractivity contribution < 1.29 is 14.3 Å². The van der Waals surface area contributed by atoms with Gasteiger partial charge in [0, 0.05) is 13.2 Å². The van der Waals surface area contributed by atoms with E-state index in [2.05, 4.69) is 39.8 Å². The molecule has 1 unspecified atom stereocenters. The molecule has 1 aliphatic carbocycles. The van der Waals surface area contributed by atoms with Gasteiger partial charge in [0.05, 0.1) is 12.2 Å². The fourth-order valence-electron chi connectivity index (χ4n) is 2.38. The van der Waals surface area contributed by atoms with Crippen molar-refractivity contribution in [2.45, 2.75) is 59.0 Å². The van der Waals surface area contributed by atoms with Crippen molar-refractivity contribution in [1.82, 2.24) is 0 Å². The predicted molar refractivity (Wildman–Crippen MR) is 95.2 cm³/mol. The summed E-state index contributed by atoms with van der Waals surface area (Å²) in [4.78, 5) is 11.6. The quantitative estimate of drug-likeness (QED) is 0.450. The molecule has 3 heteroatoms. The van der Waals surface area contributed by atoms with Gasteiger partial charge in [0.15, 0.2) is 0 Å². The second kappa shape index (κ2) is 9.71. The molecule has 0 spiro atoms. The molecule has 0 amide bonds. The van der Waals surface area contributed by atoms with Crippen LogP contribution in [0.25, 0.3) is 0 Å². The fraction of sp³-hybridized carbons (Fsp3) is 0.650. The lowest BCUT2D eigenvalue weighted by atomic mass is 9.85. The van der Waals surface area contributed by atoms with Gasteiger partial charge in [0.25, 0.3) is 0 Å². The number of carbonyl (C=O) groups is 1. The first-order chi connectivity index (χ1) is 10.9. The molecule has 0 N–H and O–H groups in total. The molecule has 0 aromatic heterocycles. The van der Waals surface area contributed by atoms with Crippen molar-refractivity contribution in [3.05, 3.63) is 36.0 Å². The highest BCUT2D eigenvalue weighted by atomic mass is 16.5. The van der Waals surface area contributed by atoms with E-state index >= 15 is 0 Å². The molecule has 130 valence electrons. The maximum absolute atomic E-state index is 11.6. The highest BCUT2D eigenvalue weighted by molar-refractivity contribution is 5.82. The standard InChI is InChI=1S/C20H32O3/c1-16(2)8-12-20(22-5)13-9-18(10-14-20)6-7-19(21)23-15-11-17(3)4/h6-7,9-10,13,16-17H,8,11-12,14-15H2,1-5H3. The Morgan fingerprint density at radius 2 is 1.96 bits per heavy atom. The van der Waals surface area contributed by atoms with Crippen molar-refractivity contribution in [3.8, 4) is 0 Å². The molecule has 0 heterocycles. The normalized spacial score (nSPS) is 21.3. The van der Waals surface area contributed by atoms with Crippen molar-refractivity contribution in [1.29, 1.82) is 0 Å². The van der Waals surface area contributed by atoms with E-state index in [0.29, 0.717) is 18.4 Å². The molecular formula is C20H32O3. The first-order valence-electron chi connectivity index (χ1n) is 8.66. The van der Waals surface area contributed by atoms with Crippen LogP contribution in [-0.2, 0) is 14.3 Å². The zero-order valence-electron chi connectivity index (χ0n) is 15.3. The lowest BCUT2D eigenvalue weighted by molar-refractivity contribution is -0.138. The van der Waals surface area contributed by atoms with Crippen molar-refractivity contribution in [2.75, 3.05) is 13.7 Å². The van der Waals surface area contributed by atoms with Crippen LogP contribution in [-0.4, -0.2) is 25.3 Å². The number of ether oxygens (including phenoxy) is 2. The van der Waals surface area contributed by atoms with Crippen LogP contribution in [0.3, 0.4) is 0 Å². The Morgan fingerprint density at radius 1 is 1.26 bits per heavy atom. The van der Waals surface area contributed by atoms with E-state index in [-0.39, 0.29) is 11.6 Å². The Bertz CT molecular complexity index is 458. The van der Waals surface area contributed by atoms with E-state index in [9.17, 15) is 4.79 Å². The highest BCUT2D eigenvalue weighted by Crippen LogP contribution is 2.30. The van der Waals surface area contributed by atoms with Crippen molar-refractivity contribution >= 4 is 5.97 Å². The SMILES string of the molecule is COC1(CCC(C)C)C=CC(C=CC(=O)OCCC(C)C)=CC1. The van der Waals surface area contributed by atoms with E-state index < -0.39 is 0 Å². The summed E-state index contributed by atoms with van der Waals surface area (Å²) in [6.45, 7) is 9.17. The molecular weight excluding hydrogens is 288 g/mol. The molecule has 1 aliphatic rings. The monoisotopic (exact) mass is 320 g/mol. The van der Waals surface area contributed by atoms with Crippen LogP contribution in [0.1, 0.15) is 53.4 Å². The number of methoxy groups -OCH3 is 1. The van der Waals surface area contributed by atoms with Crippen molar-refractivity contribution in [2.24, 2.45) is 11.8 Å². The zero-order valence-corrected chi connectivity index (χ0v) is 15.3. The summed E-state index contributed by atoms with van der Waals surface area (Å²) in [7, 11) is 1.77. The average Bonchev–Trinajstić information content (AvgIpc) is 2.51. The topological polar surface area (TPSA) is 35.5 Å². The molecule has 0 saturated carbocycles. The highest BCUT2D eigenvalue weighted by Gasteiger charge is 2.27. The van der Waals surface area contributed by atoms with Gasteiger partial charge in [-0.1, -0.05) is 45.9 Å². The van der Waals surface area contributed by atoms with E-state index in [0.717, 1.165) is 31.3 Å². The fourth-order valence-corrected chi connectivity index (χ4v) is 2.38. The van der Waals surface area contributed by atoms with Crippen LogP contribution < -0.4 is 0 Å². The Kier molecular flexibility index (Phi) is 8.32. The van der Waals surface area contributed by atoms with Crippen LogP contribution in [0.15, 0.2) is 36.0 Å². The molecule has 0 bridgehead atoms. The number of carbonyl (C=O) groups excluding carboxylic acids is 1. The second-order valence-electron chi connectivity index (χ2n) is 7.13. The van der Waals surface area contributed by atoms with Gasteiger partial charge in [0.2, 0.25) is 0 Å². The smallest absolute Gasteiger partial charge is 0.330 e. The minimum Gasteiger partial charge on any atom is -0.463 e. The van der Waals surface area contributed by atoms with Gasteiger partial charge in [-0.3, -0.25) is 0 Å². The lowest BCUT2D eigenvalue weighted by Crippen LogP contribution is -2.30. The number of hydrogen-bond acceptors (Lipinski definition) is 3. The first-order valence-corrected chi connectivity index (χ1v) is 8.66. The number of allylic oxidation sites excluding steroid dienone is 3. The summed E-state index contributed by atoms with van der Waals surface area (Å²) in [6.07, 6.45) is 13.5. The Labute approximate surface area is 141 Å². The molecule has 3 nitrogen and oxygen atoms in total. The summed E-state index contributed by atoms with van der Waals surface area (Å²) in [5.74, 6) is 0.938. The van der Waals surface area contributed by atoms with Crippen LogP contribution in [0, 0.1) is 11.8 Å². The molecule has 0 aromatic carbocycles. The van der Waals surface area contributed by atoms with E-state index in [4.69, 9.17) is 9.47 Å². The van der Waals surface area contributed by atoms with E-state index in [1.54, 1.807) is 7.11 Å². The van der Waals surface area contributed by atoms with Crippen molar-refractivity contribution in [3.63, 3.8) is 0 Å². The predicted octanol–water partition coefficient (Wildman–Crippen LogP) is 4.84. The van der Waals surface area contributed by atoms with Gasteiger partial charge < -0.3 is 9.47 Å². The molecule has 0 radical (unpaired) electrons. The van der Waals surface area contributed by atoms with Gasteiger partial charge in [0.1, 0.15) is 0 Å².